The van der Waals surface area contributed by atoms with E-state index in [1.165, 1.54) is 4.68 Å². The minimum Gasteiger partial charge on any atom is -0.390 e. The van der Waals surface area contributed by atoms with Crippen LogP contribution in [0.1, 0.15) is 0 Å². The highest BCUT2D eigenvalue weighted by Gasteiger charge is 2.21. The zero-order chi connectivity index (χ0) is 11.7. The lowest BCUT2D eigenvalue weighted by atomic mass is 10.4. The summed E-state index contributed by atoms with van der Waals surface area (Å²) in [5, 5.41) is 14.2. The van der Waals surface area contributed by atoms with Crippen molar-refractivity contribution in [1.82, 2.24) is 19.7 Å². The lowest BCUT2D eigenvalue weighted by Gasteiger charge is -1.98. The molecule has 0 saturated heterocycles. The fraction of sp³-hybridized carbons (Fsp3) is 0. The van der Waals surface area contributed by atoms with Crippen LogP contribution in [0, 0.1) is 10.1 Å². The van der Waals surface area contributed by atoms with Gasteiger partial charge in [-0.2, -0.15) is 0 Å². The largest absolute Gasteiger partial charge is 0.492 e. The monoisotopic (exact) mass is 347 g/mol. The van der Waals surface area contributed by atoms with Crippen LogP contribution in [-0.2, 0) is 0 Å². The molecular weight excluding hydrogens is 346 g/mol. The Morgan fingerprint density at radius 2 is 2.19 bits per heavy atom. The smallest absolute Gasteiger partial charge is 0.390 e. The first-order valence-electron chi connectivity index (χ1n) is 3.96. The summed E-state index contributed by atoms with van der Waals surface area (Å²) < 4.78 is 2.23. The zero-order valence-corrected chi connectivity index (χ0v) is 10.7. The molecule has 0 amide bonds. The third-order valence-electron chi connectivity index (χ3n) is 1.70. The quantitative estimate of drug-likeness (QED) is 0.612. The molecule has 2 aromatic heterocycles. The van der Waals surface area contributed by atoms with E-state index in [2.05, 4.69) is 46.9 Å². The highest BCUT2D eigenvalue weighted by Crippen LogP contribution is 2.23. The maximum absolute atomic E-state index is 10.5. The van der Waals surface area contributed by atoms with Crippen molar-refractivity contribution in [1.29, 1.82) is 0 Å². The first-order valence-corrected chi connectivity index (χ1v) is 5.55. The van der Waals surface area contributed by atoms with Gasteiger partial charge in [-0.15, -0.1) is 4.68 Å². The average Bonchev–Trinajstić information content (AvgIpc) is 2.61. The van der Waals surface area contributed by atoms with Crippen LogP contribution in [0.3, 0.4) is 0 Å². The molecule has 82 valence electrons. The van der Waals surface area contributed by atoms with E-state index in [0.29, 0.717) is 10.2 Å². The van der Waals surface area contributed by atoms with Gasteiger partial charge in [0.15, 0.2) is 0 Å². The summed E-state index contributed by atoms with van der Waals surface area (Å²) in [7, 11) is 0. The Labute approximate surface area is 106 Å². The molecule has 7 nitrogen and oxygen atoms in total. The van der Waals surface area contributed by atoms with Crippen molar-refractivity contribution in [2.75, 3.05) is 0 Å². The van der Waals surface area contributed by atoms with Crippen LogP contribution < -0.4 is 0 Å². The summed E-state index contributed by atoms with van der Waals surface area (Å²) >= 11 is 6.37. The Hall–Kier alpha value is -1.35. The van der Waals surface area contributed by atoms with E-state index in [-0.39, 0.29) is 4.73 Å². The number of rotatable bonds is 2. The predicted octanol–water partition coefficient (Wildman–Crippen LogP) is 2.10. The Morgan fingerprint density at radius 3 is 2.75 bits per heavy atom. The molecule has 0 unspecified atom stereocenters. The van der Waals surface area contributed by atoms with E-state index in [1.807, 2.05) is 0 Å². The van der Waals surface area contributed by atoms with Gasteiger partial charge in [0.1, 0.15) is 5.69 Å². The molecule has 0 aliphatic heterocycles. The number of halogens is 2. The fourth-order valence-electron chi connectivity index (χ4n) is 1.05. The van der Waals surface area contributed by atoms with Crippen molar-refractivity contribution < 1.29 is 4.92 Å². The summed E-state index contributed by atoms with van der Waals surface area (Å²) in [6.45, 7) is 0. The third kappa shape index (κ3) is 1.95. The topological polar surface area (TPSA) is 86.7 Å². The van der Waals surface area contributed by atoms with Crippen LogP contribution in [0.4, 0.5) is 5.95 Å². The summed E-state index contributed by atoms with van der Waals surface area (Å²) in [5.41, 5.74) is 0.613. The standard InChI is InChI=1S/C7H3Br2N5O2/c8-4-3-10-2-1-5(4)13-6(9)11-7(12-13)14(15)16/h1-3H. The van der Waals surface area contributed by atoms with Gasteiger partial charge < -0.3 is 10.1 Å². The lowest BCUT2D eigenvalue weighted by molar-refractivity contribution is -0.394. The van der Waals surface area contributed by atoms with Crippen molar-refractivity contribution in [3.8, 4) is 5.69 Å². The van der Waals surface area contributed by atoms with Crippen LogP contribution in [0.15, 0.2) is 27.7 Å². The van der Waals surface area contributed by atoms with Crippen LogP contribution in [0.2, 0.25) is 0 Å². The van der Waals surface area contributed by atoms with Gasteiger partial charge in [0, 0.05) is 33.4 Å². The normalized spacial score (nSPS) is 10.4. The van der Waals surface area contributed by atoms with Gasteiger partial charge in [-0.1, -0.05) is 0 Å². The van der Waals surface area contributed by atoms with Gasteiger partial charge in [-0.3, -0.25) is 4.98 Å². The molecular formula is C7H3Br2N5O2. The minimum atomic E-state index is -0.656. The van der Waals surface area contributed by atoms with Crippen LogP contribution >= 0.6 is 31.9 Å². The van der Waals surface area contributed by atoms with Gasteiger partial charge >= 0.3 is 5.95 Å². The number of nitrogens with zero attached hydrogens (tertiary/aromatic N) is 5. The fourth-order valence-corrected chi connectivity index (χ4v) is 1.90. The number of pyridine rings is 1. The molecule has 2 heterocycles. The molecule has 16 heavy (non-hydrogen) atoms. The maximum atomic E-state index is 10.5. The summed E-state index contributed by atoms with van der Waals surface area (Å²) in [4.78, 5) is 17.4. The molecule has 0 atom stereocenters. The van der Waals surface area contributed by atoms with Crippen molar-refractivity contribution in [2.45, 2.75) is 0 Å². The number of aromatic nitrogens is 4. The SMILES string of the molecule is O=[N+]([O-])c1nc(Br)n(-c2ccncc2Br)n1. The van der Waals surface area contributed by atoms with Crippen LogP contribution in [0.5, 0.6) is 0 Å². The highest BCUT2D eigenvalue weighted by atomic mass is 79.9. The first kappa shape index (κ1) is 11.1. The third-order valence-corrected chi connectivity index (χ3v) is 2.82. The summed E-state index contributed by atoms with van der Waals surface area (Å²) in [6, 6.07) is 1.66. The van der Waals surface area contributed by atoms with Gasteiger partial charge in [0.2, 0.25) is 0 Å². The second kappa shape index (κ2) is 4.26. The molecule has 2 rings (SSSR count). The van der Waals surface area contributed by atoms with Gasteiger partial charge in [-0.05, 0) is 31.9 Å². The van der Waals surface area contributed by atoms with Crippen LogP contribution in [-0.4, -0.2) is 24.7 Å². The van der Waals surface area contributed by atoms with Crippen molar-refractivity contribution >= 4 is 37.8 Å². The van der Waals surface area contributed by atoms with Gasteiger partial charge in [0.05, 0.1) is 4.47 Å². The summed E-state index contributed by atoms with van der Waals surface area (Å²) in [6.07, 6.45) is 3.12. The number of hydrogen-bond acceptors (Lipinski definition) is 5. The van der Waals surface area contributed by atoms with E-state index < -0.39 is 10.9 Å². The number of hydrogen-bond donors (Lipinski definition) is 0. The molecule has 0 spiro atoms. The summed E-state index contributed by atoms with van der Waals surface area (Å²) in [5.74, 6) is -0.462. The van der Waals surface area contributed by atoms with Gasteiger partial charge in [0.25, 0.3) is 4.73 Å². The Morgan fingerprint density at radius 1 is 1.44 bits per heavy atom. The second-order valence-corrected chi connectivity index (χ2v) is 4.24. The zero-order valence-electron chi connectivity index (χ0n) is 7.54. The van der Waals surface area contributed by atoms with E-state index >= 15 is 0 Å². The average molecular weight is 349 g/mol. The minimum absolute atomic E-state index is 0.256. The molecule has 0 radical (unpaired) electrons. The molecule has 0 saturated carbocycles. The van der Waals surface area contributed by atoms with Crippen molar-refractivity contribution in [2.24, 2.45) is 0 Å². The Balaban J connectivity index is 2.57. The van der Waals surface area contributed by atoms with Crippen LogP contribution in [0.25, 0.3) is 5.69 Å². The molecule has 0 aliphatic rings. The first-order chi connectivity index (χ1) is 7.59. The molecule has 0 aliphatic carbocycles. The maximum Gasteiger partial charge on any atom is 0.492 e. The second-order valence-electron chi connectivity index (χ2n) is 2.68. The predicted molar refractivity (Wildman–Crippen MR) is 61.2 cm³/mol. The Kier molecular flexibility index (Phi) is 2.97. The van der Waals surface area contributed by atoms with Gasteiger partial charge in [-0.25, -0.2) is 0 Å². The molecule has 2 aromatic rings. The van der Waals surface area contributed by atoms with E-state index in [1.54, 1.807) is 18.5 Å². The van der Waals surface area contributed by atoms with E-state index in [4.69, 9.17) is 0 Å². The lowest BCUT2D eigenvalue weighted by Crippen LogP contribution is -1.99. The highest BCUT2D eigenvalue weighted by molar-refractivity contribution is 9.10. The molecule has 9 heteroatoms. The molecule has 0 bridgehead atoms. The Bertz CT molecular complexity index is 555. The number of nitro groups is 1. The van der Waals surface area contributed by atoms with E-state index in [0.717, 1.165) is 0 Å². The molecule has 0 aromatic carbocycles. The van der Waals surface area contributed by atoms with Crippen molar-refractivity contribution in [3.63, 3.8) is 0 Å². The molecule has 0 N–H and O–H groups in total. The molecule has 0 fully saturated rings. The van der Waals surface area contributed by atoms with E-state index in [9.17, 15) is 10.1 Å². The van der Waals surface area contributed by atoms with Crippen molar-refractivity contribution in [3.05, 3.63) is 37.8 Å².